The SMILES string of the molecule is CC1=C(c2ccc(-c3nnc(-c4ccc(C(C)(C)C)cc4)n3-c3ccccc3)cc2)C=CC=CC1. The zero-order chi connectivity index (χ0) is 24.4. The van der Waals surface area contributed by atoms with E-state index in [1.807, 2.05) is 6.07 Å². The molecule has 35 heavy (non-hydrogen) atoms. The molecule has 1 aliphatic carbocycles. The summed E-state index contributed by atoms with van der Waals surface area (Å²) in [5, 5.41) is 9.31. The van der Waals surface area contributed by atoms with Crippen LogP contribution in [0.5, 0.6) is 0 Å². The quantitative estimate of drug-likeness (QED) is 0.309. The number of hydrogen-bond donors (Lipinski definition) is 0. The van der Waals surface area contributed by atoms with Crippen LogP contribution in [0.1, 0.15) is 45.2 Å². The monoisotopic (exact) mass is 457 g/mol. The molecule has 3 aromatic carbocycles. The molecule has 0 atom stereocenters. The van der Waals surface area contributed by atoms with Crippen LogP contribution < -0.4 is 0 Å². The summed E-state index contributed by atoms with van der Waals surface area (Å²) in [4.78, 5) is 0. The van der Waals surface area contributed by atoms with E-state index in [2.05, 4.69) is 140 Å². The first-order valence-electron chi connectivity index (χ1n) is 12.2. The van der Waals surface area contributed by atoms with E-state index in [0.717, 1.165) is 34.9 Å². The van der Waals surface area contributed by atoms with Crippen LogP contribution in [0.15, 0.2) is 109 Å². The molecule has 0 saturated heterocycles. The average Bonchev–Trinajstić information content (AvgIpc) is 3.20. The van der Waals surface area contributed by atoms with Gasteiger partial charge in [0.05, 0.1) is 0 Å². The van der Waals surface area contributed by atoms with E-state index in [1.54, 1.807) is 0 Å². The van der Waals surface area contributed by atoms with Crippen molar-refractivity contribution in [1.82, 2.24) is 14.8 Å². The molecule has 1 heterocycles. The fraction of sp³-hybridized carbons (Fsp3) is 0.188. The molecule has 0 spiro atoms. The highest BCUT2D eigenvalue weighted by molar-refractivity contribution is 5.79. The lowest BCUT2D eigenvalue weighted by atomic mass is 9.86. The first-order valence-corrected chi connectivity index (χ1v) is 12.2. The molecule has 0 radical (unpaired) electrons. The molecule has 0 bridgehead atoms. The summed E-state index contributed by atoms with van der Waals surface area (Å²) in [6.07, 6.45) is 9.60. The number of nitrogens with zero attached hydrogens (tertiary/aromatic N) is 3. The van der Waals surface area contributed by atoms with Gasteiger partial charge in [-0.1, -0.05) is 117 Å². The first kappa shape index (κ1) is 22.8. The topological polar surface area (TPSA) is 30.7 Å². The van der Waals surface area contributed by atoms with Crippen molar-refractivity contribution in [1.29, 1.82) is 0 Å². The molecule has 0 N–H and O–H groups in total. The van der Waals surface area contributed by atoms with Crippen LogP contribution in [0, 0.1) is 0 Å². The van der Waals surface area contributed by atoms with Gasteiger partial charge in [0.1, 0.15) is 0 Å². The van der Waals surface area contributed by atoms with Gasteiger partial charge in [-0.3, -0.25) is 4.57 Å². The van der Waals surface area contributed by atoms with Crippen molar-refractivity contribution in [2.24, 2.45) is 0 Å². The molecule has 3 nitrogen and oxygen atoms in total. The van der Waals surface area contributed by atoms with E-state index in [9.17, 15) is 0 Å². The van der Waals surface area contributed by atoms with Crippen molar-refractivity contribution in [3.05, 3.63) is 120 Å². The van der Waals surface area contributed by atoms with Gasteiger partial charge in [-0.05, 0) is 47.6 Å². The summed E-state index contributed by atoms with van der Waals surface area (Å²) in [6, 6.07) is 27.7. The van der Waals surface area contributed by atoms with Gasteiger partial charge >= 0.3 is 0 Å². The molecule has 1 aliphatic rings. The highest BCUT2D eigenvalue weighted by atomic mass is 15.3. The fourth-order valence-corrected chi connectivity index (χ4v) is 4.47. The second kappa shape index (κ2) is 9.34. The fourth-order valence-electron chi connectivity index (χ4n) is 4.47. The molecular weight excluding hydrogens is 426 g/mol. The molecule has 5 rings (SSSR count). The Bertz CT molecular complexity index is 1410. The number of aromatic nitrogens is 3. The standard InChI is InChI=1S/C32H31N3/c1-23-11-7-5-10-14-29(23)24-15-17-25(18-16-24)30-33-34-31(35(30)28-12-8-6-9-13-28)26-19-21-27(22-20-26)32(2,3)4/h5-10,12-22H,11H2,1-4H3. The predicted octanol–water partition coefficient (Wildman–Crippen LogP) is 8.19. The van der Waals surface area contributed by atoms with Gasteiger partial charge < -0.3 is 0 Å². The van der Waals surface area contributed by atoms with Crippen molar-refractivity contribution in [2.75, 3.05) is 0 Å². The average molecular weight is 458 g/mol. The predicted molar refractivity (Wildman–Crippen MR) is 146 cm³/mol. The van der Waals surface area contributed by atoms with Crippen molar-refractivity contribution < 1.29 is 0 Å². The van der Waals surface area contributed by atoms with Crippen molar-refractivity contribution >= 4 is 5.57 Å². The van der Waals surface area contributed by atoms with Gasteiger partial charge in [-0.2, -0.15) is 0 Å². The molecule has 0 unspecified atom stereocenters. The highest BCUT2D eigenvalue weighted by Gasteiger charge is 2.19. The molecule has 0 aliphatic heterocycles. The number of hydrogen-bond acceptors (Lipinski definition) is 2. The molecule has 0 saturated carbocycles. The van der Waals surface area contributed by atoms with Crippen LogP contribution in [0.2, 0.25) is 0 Å². The lowest BCUT2D eigenvalue weighted by Crippen LogP contribution is -2.10. The summed E-state index contributed by atoms with van der Waals surface area (Å²) < 4.78 is 2.15. The Balaban J connectivity index is 1.58. The first-order chi connectivity index (χ1) is 16.9. The zero-order valence-electron chi connectivity index (χ0n) is 20.9. The molecular formula is C32H31N3. The largest absolute Gasteiger partial charge is 0.275 e. The van der Waals surface area contributed by atoms with Gasteiger partial charge in [0.25, 0.3) is 0 Å². The minimum atomic E-state index is 0.106. The Morgan fingerprint density at radius 2 is 1.26 bits per heavy atom. The third-order valence-corrected chi connectivity index (χ3v) is 6.53. The smallest absolute Gasteiger partial charge is 0.168 e. The van der Waals surface area contributed by atoms with Crippen LogP contribution in [-0.4, -0.2) is 14.8 Å². The van der Waals surface area contributed by atoms with Crippen molar-refractivity contribution in [2.45, 2.75) is 39.5 Å². The minimum absolute atomic E-state index is 0.106. The lowest BCUT2D eigenvalue weighted by molar-refractivity contribution is 0.590. The maximum Gasteiger partial charge on any atom is 0.168 e. The number of allylic oxidation sites excluding steroid dienone is 6. The second-order valence-electron chi connectivity index (χ2n) is 10.1. The van der Waals surface area contributed by atoms with E-state index < -0.39 is 0 Å². The van der Waals surface area contributed by atoms with E-state index in [0.29, 0.717) is 0 Å². The van der Waals surface area contributed by atoms with Crippen molar-refractivity contribution in [3.63, 3.8) is 0 Å². The van der Waals surface area contributed by atoms with Gasteiger partial charge in [0.2, 0.25) is 0 Å². The number of benzene rings is 3. The van der Waals surface area contributed by atoms with Crippen LogP contribution in [-0.2, 0) is 5.41 Å². The molecule has 0 amide bonds. The van der Waals surface area contributed by atoms with Crippen LogP contribution >= 0.6 is 0 Å². The Labute approximate surface area is 208 Å². The summed E-state index contributed by atoms with van der Waals surface area (Å²) >= 11 is 0. The molecule has 1 aromatic heterocycles. The third kappa shape index (κ3) is 4.67. The van der Waals surface area contributed by atoms with Gasteiger partial charge in [0.15, 0.2) is 11.6 Å². The van der Waals surface area contributed by atoms with Crippen LogP contribution in [0.4, 0.5) is 0 Å². The van der Waals surface area contributed by atoms with E-state index in [4.69, 9.17) is 0 Å². The summed E-state index contributed by atoms with van der Waals surface area (Å²) in [5.41, 5.74) is 8.41. The summed E-state index contributed by atoms with van der Waals surface area (Å²) in [6.45, 7) is 8.89. The Morgan fingerprint density at radius 3 is 1.86 bits per heavy atom. The van der Waals surface area contributed by atoms with Gasteiger partial charge in [0, 0.05) is 16.8 Å². The lowest BCUT2D eigenvalue weighted by Gasteiger charge is -2.19. The van der Waals surface area contributed by atoms with E-state index in [1.165, 1.54) is 22.3 Å². The number of para-hydroxylation sites is 1. The van der Waals surface area contributed by atoms with E-state index in [-0.39, 0.29) is 5.41 Å². The van der Waals surface area contributed by atoms with Gasteiger partial charge in [-0.25, -0.2) is 0 Å². The number of rotatable bonds is 4. The van der Waals surface area contributed by atoms with Crippen LogP contribution in [0.3, 0.4) is 0 Å². The molecule has 3 heteroatoms. The van der Waals surface area contributed by atoms with E-state index >= 15 is 0 Å². The molecule has 0 fully saturated rings. The third-order valence-electron chi connectivity index (χ3n) is 6.53. The van der Waals surface area contributed by atoms with Gasteiger partial charge in [-0.15, -0.1) is 10.2 Å². The van der Waals surface area contributed by atoms with Crippen LogP contribution in [0.25, 0.3) is 34.0 Å². The minimum Gasteiger partial charge on any atom is -0.275 e. The maximum atomic E-state index is 4.66. The summed E-state index contributed by atoms with van der Waals surface area (Å²) in [7, 11) is 0. The summed E-state index contributed by atoms with van der Waals surface area (Å²) in [5.74, 6) is 1.67. The normalized spacial score (nSPS) is 13.8. The molecule has 174 valence electrons. The molecule has 4 aromatic rings. The Hall–Kier alpha value is -3.98. The zero-order valence-corrected chi connectivity index (χ0v) is 20.9. The maximum absolute atomic E-state index is 4.66. The Morgan fingerprint density at radius 1 is 0.686 bits per heavy atom. The second-order valence-corrected chi connectivity index (χ2v) is 10.1. The highest BCUT2D eigenvalue weighted by Crippen LogP contribution is 2.32. The van der Waals surface area contributed by atoms with Crippen molar-refractivity contribution in [3.8, 4) is 28.5 Å². The Kier molecular flexibility index (Phi) is 6.08.